The lowest BCUT2D eigenvalue weighted by Gasteiger charge is -2.35. The van der Waals surface area contributed by atoms with Crippen LogP contribution in [0, 0.1) is 18.8 Å². The highest BCUT2D eigenvalue weighted by atomic mass is 32.2. The first-order chi connectivity index (χ1) is 12.9. The van der Waals surface area contributed by atoms with Gasteiger partial charge < -0.3 is 10.6 Å². The van der Waals surface area contributed by atoms with Crippen molar-refractivity contribution in [2.75, 3.05) is 5.32 Å². The van der Waals surface area contributed by atoms with Crippen LogP contribution in [0.15, 0.2) is 28.6 Å². The Bertz CT molecular complexity index is 779. The average Bonchev–Trinajstić information content (AvgIpc) is 3.05. The molecular weight excluding hydrogens is 376 g/mol. The van der Waals surface area contributed by atoms with Crippen LogP contribution in [0.4, 0.5) is 10.8 Å². The van der Waals surface area contributed by atoms with E-state index in [1.165, 1.54) is 41.5 Å². The molecule has 0 saturated heterocycles. The number of amides is 1. The van der Waals surface area contributed by atoms with Gasteiger partial charge in [0.05, 0.1) is 5.25 Å². The molecule has 4 atom stereocenters. The Hall–Kier alpha value is -1.60. The van der Waals surface area contributed by atoms with Gasteiger partial charge >= 0.3 is 0 Å². The van der Waals surface area contributed by atoms with E-state index in [4.69, 9.17) is 0 Å². The maximum Gasteiger partial charge on any atom is 0.233 e. The lowest BCUT2D eigenvalue weighted by Crippen LogP contribution is -2.46. The highest BCUT2D eigenvalue weighted by molar-refractivity contribution is 8.02. The summed E-state index contributed by atoms with van der Waals surface area (Å²) < 4.78 is 0.804. The van der Waals surface area contributed by atoms with Crippen LogP contribution in [0.1, 0.15) is 45.6 Å². The topological polar surface area (TPSA) is 66.9 Å². The van der Waals surface area contributed by atoms with Gasteiger partial charge in [0.15, 0.2) is 4.34 Å². The van der Waals surface area contributed by atoms with Gasteiger partial charge in [-0.3, -0.25) is 4.79 Å². The third kappa shape index (κ3) is 5.45. The molecule has 0 spiro atoms. The molecule has 1 saturated carbocycles. The summed E-state index contributed by atoms with van der Waals surface area (Å²) in [5.74, 6) is 1.30. The van der Waals surface area contributed by atoms with Crippen LogP contribution in [0.2, 0.25) is 0 Å². The highest BCUT2D eigenvalue weighted by Gasteiger charge is 2.29. The third-order valence-corrected chi connectivity index (χ3v) is 7.38. The summed E-state index contributed by atoms with van der Waals surface area (Å²) in [6.07, 6.45) is 3.54. The van der Waals surface area contributed by atoms with Crippen molar-refractivity contribution in [1.29, 1.82) is 0 Å². The van der Waals surface area contributed by atoms with Crippen molar-refractivity contribution < 1.29 is 4.79 Å². The zero-order chi connectivity index (χ0) is 19.4. The highest BCUT2D eigenvalue weighted by Crippen LogP contribution is 2.32. The number of nitrogens with zero attached hydrogens (tertiary/aromatic N) is 2. The van der Waals surface area contributed by atoms with E-state index < -0.39 is 0 Å². The first kappa shape index (κ1) is 20.1. The van der Waals surface area contributed by atoms with Crippen molar-refractivity contribution in [3.8, 4) is 0 Å². The summed E-state index contributed by atoms with van der Waals surface area (Å²) in [5.41, 5.74) is 2.18. The van der Waals surface area contributed by atoms with Crippen LogP contribution in [-0.4, -0.2) is 27.4 Å². The molecule has 5 nitrogen and oxygen atoms in total. The molecule has 4 unspecified atom stereocenters. The Morgan fingerprint density at radius 3 is 2.89 bits per heavy atom. The molecule has 2 N–H and O–H groups in total. The molecule has 0 radical (unpaired) electrons. The minimum absolute atomic E-state index is 0.0920. The zero-order valence-corrected chi connectivity index (χ0v) is 18.0. The molecule has 1 amide bonds. The number of benzene rings is 1. The van der Waals surface area contributed by atoms with E-state index in [2.05, 4.69) is 53.7 Å². The van der Waals surface area contributed by atoms with Gasteiger partial charge in [-0.1, -0.05) is 61.9 Å². The predicted molar refractivity (Wildman–Crippen MR) is 114 cm³/mol. The molecule has 1 aromatic carbocycles. The molecule has 1 aromatic heterocycles. The van der Waals surface area contributed by atoms with Gasteiger partial charge in [-0.25, -0.2) is 0 Å². The first-order valence-electron chi connectivity index (χ1n) is 9.56. The van der Waals surface area contributed by atoms with E-state index in [1.807, 2.05) is 19.1 Å². The predicted octanol–water partition coefficient (Wildman–Crippen LogP) is 5.01. The van der Waals surface area contributed by atoms with Crippen molar-refractivity contribution in [3.05, 3.63) is 29.8 Å². The van der Waals surface area contributed by atoms with Crippen molar-refractivity contribution >= 4 is 39.8 Å². The van der Waals surface area contributed by atoms with E-state index in [0.29, 0.717) is 11.8 Å². The molecule has 1 aliphatic rings. The van der Waals surface area contributed by atoms with Crippen LogP contribution < -0.4 is 10.6 Å². The number of thioether (sulfide) groups is 1. The zero-order valence-electron chi connectivity index (χ0n) is 16.4. The second kappa shape index (κ2) is 9.06. The van der Waals surface area contributed by atoms with Gasteiger partial charge in [0, 0.05) is 11.7 Å². The molecule has 2 aromatic rings. The summed E-state index contributed by atoms with van der Waals surface area (Å²) in [7, 11) is 0. The summed E-state index contributed by atoms with van der Waals surface area (Å²) >= 11 is 2.95. The van der Waals surface area contributed by atoms with Crippen LogP contribution >= 0.6 is 23.1 Å². The van der Waals surface area contributed by atoms with Gasteiger partial charge in [0.25, 0.3) is 0 Å². The van der Waals surface area contributed by atoms with E-state index >= 15 is 0 Å². The maximum absolute atomic E-state index is 12.6. The number of hydrogen-bond donors (Lipinski definition) is 2. The van der Waals surface area contributed by atoms with Gasteiger partial charge in [0.1, 0.15) is 0 Å². The fraction of sp³-hybridized carbons (Fsp3) is 0.550. The molecule has 146 valence electrons. The van der Waals surface area contributed by atoms with Gasteiger partial charge in [0.2, 0.25) is 11.0 Å². The van der Waals surface area contributed by atoms with Crippen molar-refractivity contribution in [2.45, 2.75) is 62.6 Å². The number of aryl methyl sites for hydroxylation is 1. The quantitative estimate of drug-likeness (QED) is 0.662. The second-order valence-corrected chi connectivity index (χ2v) is 10.1. The van der Waals surface area contributed by atoms with Gasteiger partial charge in [-0.2, -0.15) is 0 Å². The SMILES string of the molecule is Cc1cccc(Nc2nnc(SC(C)C(=O)NC3CCCC(C)C3C)s2)c1. The fourth-order valence-corrected chi connectivity index (χ4v) is 5.37. The van der Waals surface area contributed by atoms with Crippen LogP contribution in [0.5, 0.6) is 0 Å². The van der Waals surface area contributed by atoms with E-state index in [-0.39, 0.29) is 17.2 Å². The number of hydrogen-bond acceptors (Lipinski definition) is 6. The number of anilines is 2. The Morgan fingerprint density at radius 2 is 2.11 bits per heavy atom. The second-order valence-electron chi connectivity index (χ2n) is 7.51. The smallest absolute Gasteiger partial charge is 0.233 e. The Morgan fingerprint density at radius 1 is 1.30 bits per heavy atom. The fourth-order valence-electron chi connectivity index (χ4n) is 3.44. The summed E-state index contributed by atoms with van der Waals surface area (Å²) in [4.78, 5) is 12.6. The standard InChI is InChI=1S/C20H28N4OS2/c1-12-7-5-9-16(11-12)21-19-23-24-20(27-19)26-15(4)18(25)22-17-10-6-8-13(2)14(17)3/h5,7,9,11,13-15,17H,6,8,10H2,1-4H3,(H,21,23)(H,22,25). The van der Waals surface area contributed by atoms with Crippen LogP contribution in [0.25, 0.3) is 0 Å². The molecule has 1 aliphatic carbocycles. The van der Waals surface area contributed by atoms with E-state index in [9.17, 15) is 4.79 Å². The van der Waals surface area contributed by atoms with Crippen LogP contribution in [0.3, 0.4) is 0 Å². The average molecular weight is 405 g/mol. The van der Waals surface area contributed by atoms with E-state index in [1.54, 1.807) is 0 Å². The third-order valence-electron chi connectivity index (χ3n) is 5.36. The minimum Gasteiger partial charge on any atom is -0.352 e. The number of rotatable bonds is 6. The molecule has 0 bridgehead atoms. The normalized spacial score (nSPS) is 23.6. The lowest BCUT2D eigenvalue weighted by atomic mass is 9.78. The largest absolute Gasteiger partial charge is 0.352 e. The molecule has 3 rings (SSSR count). The van der Waals surface area contributed by atoms with Crippen molar-refractivity contribution in [3.63, 3.8) is 0 Å². The van der Waals surface area contributed by atoms with Crippen molar-refractivity contribution in [2.24, 2.45) is 11.8 Å². The Labute approximate surface area is 169 Å². The Balaban J connectivity index is 1.54. The number of carbonyl (C=O) groups excluding carboxylic acids is 1. The van der Waals surface area contributed by atoms with Gasteiger partial charge in [-0.05, 0) is 49.8 Å². The first-order valence-corrected chi connectivity index (χ1v) is 11.3. The molecular formula is C20H28N4OS2. The summed E-state index contributed by atoms with van der Waals surface area (Å²) in [6, 6.07) is 8.42. The number of carbonyl (C=O) groups is 1. The molecule has 1 fully saturated rings. The molecule has 7 heteroatoms. The van der Waals surface area contributed by atoms with E-state index in [0.717, 1.165) is 21.6 Å². The summed E-state index contributed by atoms with van der Waals surface area (Å²) in [5, 5.41) is 15.5. The van der Waals surface area contributed by atoms with Crippen LogP contribution in [-0.2, 0) is 4.79 Å². The molecule has 1 heterocycles. The van der Waals surface area contributed by atoms with Crippen molar-refractivity contribution in [1.82, 2.24) is 15.5 Å². The molecule has 27 heavy (non-hydrogen) atoms. The minimum atomic E-state index is -0.186. The van der Waals surface area contributed by atoms with Gasteiger partial charge in [-0.15, -0.1) is 10.2 Å². The maximum atomic E-state index is 12.6. The number of nitrogens with one attached hydrogen (secondary N) is 2. The monoisotopic (exact) mass is 404 g/mol. The molecule has 0 aliphatic heterocycles. The Kier molecular flexibility index (Phi) is 6.76. The lowest BCUT2D eigenvalue weighted by molar-refractivity contribution is -0.121. The number of aromatic nitrogens is 2. The summed E-state index contributed by atoms with van der Waals surface area (Å²) in [6.45, 7) is 8.53.